The van der Waals surface area contributed by atoms with Crippen LogP contribution in [0.3, 0.4) is 0 Å². The fourth-order valence-electron chi connectivity index (χ4n) is 2.59. The maximum Gasteiger partial charge on any atom is 0.435 e. The van der Waals surface area contributed by atoms with Gasteiger partial charge in [-0.2, -0.15) is 13.2 Å². The maximum absolute atomic E-state index is 12.4. The molecule has 0 amide bonds. The zero-order chi connectivity index (χ0) is 16.4. The number of halogens is 3. The second-order valence-corrected chi connectivity index (χ2v) is 5.42. The van der Waals surface area contributed by atoms with Crippen LogP contribution in [0.2, 0.25) is 0 Å². The molecule has 0 aromatic carbocycles. The molecule has 6 nitrogen and oxygen atoms in total. The summed E-state index contributed by atoms with van der Waals surface area (Å²) in [6.07, 6.45) is -0.205. The fourth-order valence-corrected chi connectivity index (χ4v) is 2.59. The normalized spacial score (nSPS) is 21.6. The molecule has 1 N–H and O–H groups in total. The van der Waals surface area contributed by atoms with Crippen LogP contribution >= 0.6 is 0 Å². The van der Waals surface area contributed by atoms with Gasteiger partial charge in [-0.1, -0.05) is 0 Å². The van der Waals surface area contributed by atoms with Crippen LogP contribution in [0.5, 0.6) is 0 Å². The summed E-state index contributed by atoms with van der Waals surface area (Å²) >= 11 is 0. The number of ether oxygens (including phenoxy) is 1. The van der Waals surface area contributed by atoms with Crippen molar-refractivity contribution in [3.8, 4) is 0 Å². The molecule has 3 rings (SSSR count). The number of imidazole rings is 1. The van der Waals surface area contributed by atoms with Crippen molar-refractivity contribution in [1.82, 2.24) is 19.7 Å². The van der Waals surface area contributed by atoms with E-state index in [1.165, 1.54) is 6.07 Å². The molecule has 2 aromatic heterocycles. The summed E-state index contributed by atoms with van der Waals surface area (Å²) in [5, 5.41) is 9.78. The van der Waals surface area contributed by atoms with Crippen molar-refractivity contribution in [3.63, 3.8) is 0 Å². The van der Waals surface area contributed by atoms with E-state index in [0.29, 0.717) is 19.0 Å². The van der Waals surface area contributed by atoms with Crippen molar-refractivity contribution in [2.45, 2.75) is 18.7 Å². The van der Waals surface area contributed by atoms with E-state index in [9.17, 15) is 13.2 Å². The lowest BCUT2D eigenvalue weighted by Crippen LogP contribution is -2.21. The number of anilines is 1. The molecule has 0 spiro atoms. The molecular formula is C14H16F3N5O. The lowest BCUT2D eigenvalue weighted by atomic mass is 10.0. The largest absolute Gasteiger partial charge is 0.435 e. The highest BCUT2D eigenvalue weighted by Gasteiger charge is 2.34. The van der Waals surface area contributed by atoms with E-state index in [2.05, 4.69) is 20.5 Å². The molecule has 124 valence electrons. The average Bonchev–Trinajstić information content (AvgIpc) is 3.12. The summed E-state index contributed by atoms with van der Waals surface area (Å²) in [4.78, 5) is 4.30. The van der Waals surface area contributed by atoms with Gasteiger partial charge in [0.25, 0.3) is 0 Å². The first kappa shape index (κ1) is 15.7. The van der Waals surface area contributed by atoms with Gasteiger partial charge in [-0.3, -0.25) is 0 Å². The van der Waals surface area contributed by atoms with Crippen molar-refractivity contribution in [3.05, 3.63) is 36.0 Å². The lowest BCUT2D eigenvalue weighted by Gasteiger charge is -2.19. The highest BCUT2D eigenvalue weighted by Crippen LogP contribution is 2.33. The Morgan fingerprint density at radius 1 is 1.35 bits per heavy atom. The van der Waals surface area contributed by atoms with Crippen LogP contribution in [0, 0.1) is 5.92 Å². The van der Waals surface area contributed by atoms with Crippen LogP contribution < -0.4 is 5.32 Å². The van der Waals surface area contributed by atoms with Crippen LogP contribution in [-0.4, -0.2) is 32.9 Å². The quantitative estimate of drug-likeness (QED) is 0.934. The van der Waals surface area contributed by atoms with E-state index >= 15 is 0 Å². The average molecular weight is 327 g/mol. The first-order valence-corrected chi connectivity index (χ1v) is 7.19. The van der Waals surface area contributed by atoms with Gasteiger partial charge in [-0.25, -0.2) is 4.98 Å². The summed E-state index contributed by atoms with van der Waals surface area (Å²) in [6.45, 7) is 1.15. The topological polar surface area (TPSA) is 64.9 Å². The van der Waals surface area contributed by atoms with E-state index in [1.807, 2.05) is 17.8 Å². The van der Waals surface area contributed by atoms with Crippen LogP contribution in [0.25, 0.3) is 0 Å². The molecule has 1 aliphatic rings. The van der Waals surface area contributed by atoms with Crippen molar-refractivity contribution in [2.24, 2.45) is 13.0 Å². The molecule has 0 unspecified atom stereocenters. The molecule has 9 heteroatoms. The van der Waals surface area contributed by atoms with E-state index < -0.39 is 11.9 Å². The van der Waals surface area contributed by atoms with Crippen LogP contribution in [-0.2, 0) is 18.0 Å². The molecular weight excluding hydrogens is 311 g/mol. The second kappa shape index (κ2) is 6.15. The van der Waals surface area contributed by atoms with Gasteiger partial charge in [-0.05, 0) is 18.6 Å². The Balaban J connectivity index is 1.62. The zero-order valence-electron chi connectivity index (χ0n) is 12.4. The fraction of sp³-hybridized carbons (Fsp3) is 0.500. The predicted molar refractivity (Wildman–Crippen MR) is 75.5 cm³/mol. The van der Waals surface area contributed by atoms with Gasteiger partial charge >= 0.3 is 6.18 Å². The standard InChI is InChI=1S/C14H16F3N5O/c1-22-6-5-18-13(22)12-9(4-7-23-12)8-19-11-3-2-10(20-21-11)14(15,16)17/h2-3,5-6,9,12H,4,7-8H2,1H3,(H,19,21)/t9-,12+/m0/s1. The number of rotatable bonds is 4. The van der Waals surface area contributed by atoms with Crippen LogP contribution in [0.1, 0.15) is 24.0 Å². The Morgan fingerprint density at radius 2 is 2.17 bits per heavy atom. The first-order valence-electron chi connectivity index (χ1n) is 7.19. The Bertz CT molecular complexity index is 655. The molecule has 1 saturated heterocycles. The minimum Gasteiger partial charge on any atom is -0.370 e. The lowest BCUT2D eigenvalue weighted by molar-refractivity contribution is -0.141. The third-order valence-electron chi connectivity index (χ3n) is 3.83. The molecule has 2 atom stereocenters. The second-order valence-electron chi connectivity index (χ2n) is 5.42. The Labute approximate surface area is 130 Å². The van der Waals surface area contributed by atoms with Crippen molar-refractivity contribution in [2.75, 3.05) is 18.5 Å². The zero-order valence-corrected chi connectivity index (χ0v) is 12.4. The highest BCUT2D eigenvalue weighted by atomic mass is 19.4. The molecule has 1 fully saturated rings. The first-order chi connectivity index (χ1) is 10.9. The van der Waals surface area contributed by atoms with E-state index in [0.717, 1.165) is 18.3 Å². The number of aryl methyl sites for hydroxylation is 1. The van der Waals surface area contributed by atoms with Crippen molar-refractivity contribution < 1.29 is 17.9 Å². The number of nitrogens with one attached hydrogen (secondary N) is 1. The monoisotopic (exact) mass is 327 g/mol. The summed E-state index contributed by atoms with van der Waals surface area (Å²) in [6, 6.07) is 2.19. The molecule has 3 heterocycles. The number of nitrogens with zero attached hydrogens (tertiary/aromatic N) is 4. The van der Waals surface area contributed by atoms with Gasteiger partial charge in [0.2, 0.25) is 0 Å². The Morgan fingerprint density at radius 3 is 2.78 bits per heavy atom. The maximum atomic E-state index is 12.4. The Kier molecular flexibility index (Phi) is 4.20. The smallest absolute Gasteiger partial charge is 0.370 e. The van der Waals surface area contributed by atoms with E-state index in [-0.39, 0.29) is 12.0 Å². The minimum atomic E-state index is -4.48. The van der Waals surface area contributed by atoms with Crippen molar-refractivity contribution in [1.29, 1.82) is 0 Å². The summed E-state index contributed by atoms with van der Waals surface area (Å²) < 4.78 is 45.0. The van der Waals surface area contributed by atoms with Gasteiger partial charge in [-0.15, -0.1) is 10.2 Å². The summed E-state index contributed by atoms with van der Waals surface area (Å²) in [5.74, 6) is 1.32. The van der Waals surface area contributed by atoms with Gasteiger partial charge in [0.05, 0.1) is 0 Å². The summed E-state index contributed by atoms with van der Waals surface area (Å²) in [7, 11) is 1.90. The molecule has 0 radical (unpaired) electrons. The SMILES string of the molecule is Cn1ccnc1[C@@H]1OCC[C@H]1CNc1ccc(C(F)(F)F)nn1. The van der Waals surface area contributed by atoms with Gasteiger partial charge < -0.3 is 14.6 Å². The summed E-state index contributed by atoms with van der Waals surface area (Å²) in [5.41, 5.74) is -1.00. The third kappa shape index (κ3) is 3.44. The van der Waals surface area contributed by atoms with Crippen LogP contribution in [0.4, 0.5) is 19.0 Å². The molecule has 2 aromatic rings. The molecule has 0 saturated carbocycles. The van der Waals surface area contributed by atoms with Crippen molar-refractivity contribution >= 4 is 5.82 Å². The minimum absolute atomic E-state index is 0.134. The van der Waals surface area contributed by atoms with Gasteiger partial charge in [0.1, 0.15) is 17.7 Å². The predicted octanol–water partition coefficient (Wildman–Crippen LogP) is 2.42. The highest BCUT2D eigenvalue weighted by molar-refractivity contribution is 5.33. The third-order valence-corrected chi connectivity index (χ3v) is 3.83. The van der Waals surface area contributed by atoms with Gasteiger partial charge in [0, 0.05) is 38.5 Å². The Hall–Kier alpha value is -2.16. The molecule has 0 aliphatic carbocycles. The number of alkyl halides is 3. The molecule has 0 bridgehead atoms. The number of hydrogen-bond acceptors (Lipinski definition) is 5. The van der Waals surface area contributed by atoms with E-state index in [1.54, 1.807) is 6.20 Å². The van der Waals surface area contributed by atoms with Crippen LogP contribution in [0.15, 0.2) is 24.5 Å². The van der Waals surface area contributed by atoms with E-state index in [4.69, 9.17) is 4.74 Å². The molecule has 23 heavy (non-hydrogen) atoms. The van der Waals surface area contributed by atoms with Gasteiger partial charge in [0.15, 0.2) is 5.69 Å². The number of hydrogen-bond donors (Lipinski definition) is 1. The molecule has 1 aliphatic heterocycles. The number of aromatic nitrogens is 4.